The molecule has 0 bridgehead atoms. The highest BCUT2D eigenvalue weighted by Gasteiger charge is 2.19. The van der Waals surface area contributed by atoms with Crippen LogP contribution in [0, 0.1) is 5.92 Å². The summed E-state index contributed by atoms with van der Waals surface area (Å²) in [6.07, 6.45) is 5.74. The van der Waals surface area contributed by atoms with Crippen molar-refractivity contribution in [3.05, 3.63) is 0 Å². The van der Waals surface area contributed by atoms with Crippen LogP contribution in [0.25, 0.3) is 0 Å². The molecule has 0 fully saturated rings. The van der Waals surface area contributed by atoms with Crippen LogP contribution < -0.4 is 0 Å². The molecule has 0 saturated heterocycles. The second-order valence-electron chi connectivity index (χ2n) is 4.67. The Morgan fingerprint density at radius 3 is 2.17 bits per heavy atom. The molecule has 0 aromatic carbocycles. The van der Waals surface area contributed by atoms with Crippen molar-refractivity contribution in [3.63, 3.8) is 0 Å². The first-order chi connectivity index (χ1) is 8.54. The highest BCUT2D eigenvalue weighted by atomic mass is 32.2. The molecule has 0 saturated carbocycles. The largest absolute Gasteiger partial charge is 0.481 e. The van der Waals surface area contributed by atoms with E-state index in [1.807, 2.05) is 13.8 Å². The molecule has 0 aliphatic rings. The van der Waals surface area contributed by atoms with Gasteiger partial charge in [0.2, 0.25) is 0 Å². The van der Waals surface area contributed by atoms with Gasteiger partial charge in [-0.3, -0.25) is 9.59 Å². The Labute approximate surface area is 115 Å². The molecular weight excluding hydrogens is 248 g/mol. The number of hydrogen-bond acceptors (Lipinski definition) is 3. The van der Waals surface area contributed by atoms with E-state index in [-0.39, 0.29) is 11.0 Å². The average molecular weight is 274 g/mol. The van der Waals surface area contributed by atoms with E-state index in [1.165, 1.54) is 11.8 Å². The van der Waals surface area contributed by atoms with Crippen LogP contribution in [-0.4, -0.2) is 21.4 Å². The molecule has 0 radical (unpaired) electrons. The molecule has 0 heterocycles. The third-order valence-corrected chi connectivity index (χ3v) is 4.31. The zero-order valence-electron chi connectivity index (χ0n) is 11.8. The number of carboxylic acids is 1. The maximum absolute atomic E-state index is 11.6. The summed E-state index contributed by atoms with van der Waals surface area (Å²) in [6.45, 7) is 6.01. The van der Waals surface area contributed by atoms with Crippen LogP contribution in [-0.2, 0) is 9.59 Å². The zero-order chi connectivity index (χ0) is 14.0. The summed E-state index contributed by atoms with van der Waals surface area (Å²) >= 11 is 1.43. The number of carboxylic acid groups (broad SMARTS) is 1. The van der Waals surface area contributed by atoms with E-state index in [0.717, 1.165) is 25.7 Å². The summed E-state index contributed by atoms with van der Waals surface area (Å²) < 4.78 is 0. The van der Waals surface area contributed by atoms with E-state index in [0.29, 0.717) is 24.5 Å². The van der Waals surface area contributed by atoms with Crippen molar-refractivity contribution in [2.45, 2.75) is 71.0 Å². The third kappa shape index (κ3) is 7.75. The van der Waals surface area contributed by atoms with Gasteiger partial charge in [-0.15, -0.1) is 0 Å². The monoisotopic (exact) mass is 274 g/mol. The molecular formula is C14H26O3S. The van der Waals surface area contributed by atoms with Crippen molar-refractivity contribution in [1.29, 1.82) is 0 Å². The maximum atomic E-state index is 11.6. The van der Waals surface area contributed by atoms with Crippen molar-refractivity contribution in [2.75, 3.05) is 0 Å². The van der Waals surface area contributed by atoms with E-state index < -0.39 is 5.97 Å². The standard InChI is InChI=1S/C14H26O3S/c1-4-7-12(18-13(15)8-5-2)10-9-11(6-3)14(16)17/h11-12H,4-10H2,1-3H3,(H,16,17). The third-order valence-electron chi connectivity index (χ3n) is 3.04. The smallest absolute Gasteiger partial charge is 0.306 e. The molecule has 0 aliphatic heterocycles. The van der Waals surface area contributed by atoms with Gasteiger partial charge < -0.3 is 5.11 Å². The molecule has 1 N–H and O–H groups in total. The molecule has 3 nitrogen and oxygen atoms in total. The van der Waals surface area contributed by atoms with Crippen molar-refractivity contribution in [1.82, 2.24) is 0 Å². The van der Waals surface area contributed by atoms with Gasteiger partial charge in [-0.05, 0) is 32.1 Å². The molecule has 0 aromatic rings. The van der Waals surface area contributed by atoms with Crippen LogP contribution in [0.15, 0.2) is 0 Å². The zero-order valence-corrected chi connectivity index (χ0v) is 12.6. The second-order valence-corrected chi connectivity index (χ2v) is 6.03. The summed E-state index contributed by atoms with van der Waals surface area (Å²) in [4.78, 5) is 22.6. The average Bonchev–Trinajstić information content (AvgIpc) is 2.29. The Morgan fingerprint density at radius 1 is 1.06 bits per heavy atom. The summed E-state index contributed by atoms with van der Waals surface area (Å²) in [7, 11) is 0. The van der Waals surface area contributed by atoms with E-state index >= 15 is 0 Å². The number of thioether (sulfide) groups is 1. The van der Waals surface area contributed by atoms with Gasteiger partial charge in [0.25, 0.3) is 0 Å². The number of hydrogen-bond donors (Lipinski definition) is 1. The van der Waals surface area contributed by atoms with Crippen molar-refractivity contribution in [2.24, 2.45) is 5.92 Å². The van der Waals surface area contributed by atoms with Gasteiger partial charge in [-0.1, -0.05) is 39.0 Å². The van der Waals surface area contributed by atoms with Crippen LogP contribution in [0.1, 0.15) is 65.7 Å². The first-order valence-electron chi connectivity index (χ1n) is 6.97. The fraction of sp³-hybridized carbons (Fsp3) is 0.857. The minimum absolute atomic E-state index is 0.249. The van der Waals surface area contributed by atoms with Gasteiger partial charge in [0, 0.05) is 11.7 Å². The normalized spacial score (nSPS) is 14.2. The quantitative estimate of drug-likeness (QED) is 0.651. The van der Waals surface area contributed by atoms with Gasteiger partial charge >= 0.3 is 5.97 Å². The molecule has 2 unspecified atom stereocenters. The molecule has 0 amide bonds. The van der Waals surface area contributed by atoms with Gasteiger partial charge in [0.15, 0.2) is 5.12 Å². The SMILES string of the molecule is CCCC(=O)SC(CCC)CCC(CC)C(=O)O. The maximum Gasteiger partial charge on any atom is 0.306 e. The van der Waals surface area contributed by atoms with Crippen molar-refractivity contribution in [3.8, 4) is 0 Å². The molecule has 18 heavy (non-hydrogen) atoms. The predicted molar refractivity (Wildman–Crippen MR) is 76.9 cm³/mol. The lowest BCUT2D eigenvalue weighted by molar-refractivity contribution is -0.142. The van der Waals surface area contributed by atoms with Crippen LogP contribution in [0.3, 0.4) is 0 Å². The summed E-state index contributed by atoms with van der Waals surface area (Å²) in [6, 6.07) is 0. The Hall–Kier alpha value is -0.510. The predicted octanol–water partition coefficient (Wildman–Crippen LogP) is 4.11. The van der Waals surface area contributed by atoms with Crippen LogP contribution in [0.5, 0.6) is 0 Å². The minimum atomic E-state index is -0.711. The van der Waals surface area contributed by atoms with Gasteiger partial charge in [-0.2, -0.15) is 0 Å². The Morgan fingerprint density at radius 2 is 1.72 bits per heavy atom. The van der Waals surface area contributed by atoms with E-state index in [2.05, 4.69) is 6.92 Å². The topological polar surface area (TPSA) is 54.4 Å². The summed E-state index contributed by atoms with van der Waals surface area (Å²) in [5, 5.41) is 9.55. The first-order valence-corrected chi connectivity index (χ1v) is 7.85. The van der Waals surface area contributed by atoms with Crippen LogP contribution in [0.2, 0.25) is 0 Å². The van der Waals surface area contributed by atoms with E-state index in [4.69, 9.17) is 5.11 Å². The number of carbonyl (C=O) groups excluding carboxylic acids is 1. The molecule has 0 rings (SSSR count). The van der Waals surface area contributed by atoms with Crippen LogP contribution >= 0.6 is 11.8 Å². The van der Waals surface area contributed by atoms with E-state index in [1.54, 1.807) is 0 Å². The molecule has 0 aliphatic carbocycles. The van der Waals surface area contributed by atoms with Crippen LogP contribution in [0.4, 0.5) is 0 Å². The lowest BCUT2D eigenvalue weighted by Gasteiger charge is -2.17. The van der Waals surface area contributed by atoms with Gasteiger partial charge in [0.05, 0.1) is 5.92 Å². The van der Waals surface area contributed by atoms with Crippen molar-refractivity contribution >= 4 is 22.8 Å². The molecule has 2 atom stereocenters. The lowest BCUT2D eigenvalue weighted by Crippen LogP contribution is -2.16. The Bertz CT molecular complexity index is 253. The molecule has 0 aromatic heterocycles. The van der Waals surface area contributed by atoms with Crippen molar-refractivity contribution < 1.29 is 14.7 Å². The molecule has 4 heteroatoms. The summed E-state index contributed by atoms with van der Waals surface area (Å²) in [5.74, 6) is -0.969. The fourth-order valence-electron chi connectivity index (χ4n) is 1.92. The fourth-order valence-corrected chi connectivity index (χ4v) is 3.22. The highest BCUT2D eigenvalue weighted by molar-refractivity contribution is 8.14. The first kappa shape index (κ1) is 17.5. The molecule has 0 spiro atoms. The van der Waals surface area contributed by atoms with Gasteiger partial charge in [-0.25, -0.2) is 0 Å². The Balaban J connectivity index is 4.17. The molecule has 106 valence electrons. The van der Waals surface area contributed by atoms with Gasteiger partial charge in [0.1, 0.15) is 0 Å². The lowest BCUT2D eigenvalue weighted by atomic mass is 9.98. The second kappa shape index (κ2) is 10.4. The Kier molecular flexibility index (Phi) is 10.1. The van der Waals surface area contributed by atoms with E-state index in [9.17, 15) is 9.59 Å². The number of rotatable bonds is 10. The highest BCUT2D eigenvalue weighted by Crippen LogP contribution is 2.26. The number of carbonyl (C=O) groups is 2. The number of aliphatic carboxylic acids is 1. The minimum Gasteiger partial charge on any atom is -0.481 e. The summed E-state index contributed by atoms with van der Waals surface area (Å²) in [5.41, 5.74) is 0.